The van der Waals surface area contributed by atoms with Crippen molar-refractivity contribution in [1.82, 2.24) is 0 Å². The lowest BCUT2D eigenvalue weighted by molar-refractivity contribution is -0.163. The fraction of sp³-hybridized carbons (Fsp3) is 0.0909. The molecule has 0 saturated carbocycles. The number of carbonyl (C=O) groups excluding carboxylic acids is 1. The van der Waals surface area contributed by atoms with Gasteiger partial charge in [0.2, 0.25) is 5.60 Å². The van der Waals surface area contributed by atoms with Gasteiger partial charge in [0.1, 0.15) is 6.61 Å². The third kappa shape index (κ3) is 3.34. The van der Waals surface area contributed by atoms with Crippen molar-refractivity contribution in [3.05, 3.63) is 107 Å². The second-order valence-electron chi connectivity index (χ2n) is 5.79. The summed E-state index contributed by atoms with van der Waals surface area (Å²) in [6.07, 6.45) is 0. The lowest BCUT2D eigenvalue weighted by atomic mass is 9.86. The molecule has 3 aromatic rings. The van der Waals surface area contributed by atoms with E-state index >= 15 is 0 Å². The van der Waals surface area contributed by atoms with Crippen LogP contribution in [0.5, 0.6) is 0 Å². The average Bonchev–Trinajstić information content (AvgIpc) is 2.72. The van der Waals surface area contributed by atoms with Crippen LogP contribution in [-0.2, 0) is 21.7 Å². The summed E-state index contributed by atoms with van der Waals surface area (Å²) in [5.41, 5.74) is -0.0611. The normalized spacial score (nSPS) is 10.8. The molecular formula is C22H17NO3. The Kier molecular flexibility index (Phi) is 5.12. The molecule has 0 bridgehead atoms. The lowest BCUT2D eigenvalue weighted by Gasteiger charge is -2.27. The Bertz CT molecular complexity index is 891. The molecule has 0 saturated heterocycles. The van der Waals surface area contributed by atoms with Crippen molar-refractivity contribution in [2.24, 2.45) is 0 Å². The summed E-state index contributed by atoms with van der Waals surface area (Å²) in [6.45, 7) is -0.0927. The molecule has 0 unspecified atom stereocenters. The van der Waals surface area contributed by atoms with Gasteiger partial charge < -0.3 is 9.84 Å². The number of esters is 1. The number of nitrogens with zero attached hydrogens (tertiary/aromatic N) is 1. The summed E-state index contributed by atoms with van der Waals surface area (Å²) in [5.74, 6) is -0.789. The molecule has 0 aliphatic heterocycles. The topological polar surface area (TPSA) is 70.3 Å². The third-order valence-corrected chi connectivity index (χ3v) is 4.18. The summed E-state index contributed by atoms with van der Waals surface area (Å²) in [7, 11) is 0. The first-order chi connectivity index (χ1) is 12.7. The highest BCUT2D eigenvalue weighted by molar-refractivity contribution is 5.85. The molecule has 3 aromatic carbocycles. The van der Waals surface area contributed by atoms with Gasteiger partial charge >= 0.3 is 5.97 Å². The number of hydrogen-bond acceptors (Lipinski definition) is 4. The molecule has 3 rings (SSSR count). The average molecular weight is 343 g/mol. The molecule has 0 fully saturated rings. The van der Waals surface area contributed by atoms with Crippen LogP contribution < -0.4 is 0 Å². The van der Waals surface area contributed by atoms with E-state index in [0.717, 1.165) is 0 Å². The Morgan fingerprint density at radius 3 is 1.92 bits per heavy atom. The van der Waals surface area contributed by atoms with Crippen LogP contribution in [0.2, 0.25) is 0 Å². The van der Waals surface area contributed by atoms with E-state index in [1.165, 1.54) is 0 Å². The Labute approximate surface area is 151 Å². The minimum atomic E-state index is -1.93. The Hall–Kier alpha value is -3.42. The van der Waals surface area contributed by atoms with Crippen molar-refractivity contribution in [3.63, 3.8) is 0 Å². The van der Waals surface area contributed by atoms with Crippen molar-refractivity contribution in [1.29, 1.82) is 5.26 Å². The van der Waals surface area contributed by atoms with E-state index in [9.17, 15) is 9.90 Å². The Balaban J connectivity index is 1.93. The van der Waals surface area contributed by atoms with Crippen LogP contribution in [0.4, 0.5) is 0 Å². The van der Waals surface area contributed by atoms with Crippen molar-refractivity contribution in [2.45, 2.75) is 12.2 Å². The van der Waals surface area contributed by atoms with Gasteiger partial charge in [-0.1, -0.05) is 78.9 Å². The van der Waals surface area contributed by atoms with Crippen molar-refractivity contribution < 1.29 is 14.6 Å². The maximum atomic E-state index is 12.9. The SMILES string of the molecule is N#Cc1ccccc1COC(=O)C(O)(c1ccccc1)c1ccccc1. The molecule has 0 amide bonds. The zero-order valence-electron chi connectivity index (χ0n) is 14.0. The Morgan fingerprint density at radius 1 is 0.885 bits per heavy atom. The molecule has 0 spiro atoms. The van der Waals surface area contributed by atoms with Crippen LogP contribution >= 0.6 is 0 Å². The molecule has 0 atom stereocenters. The van der Waals surface area contributed by atoms with Gasteiger partial charge in [-0.15, -0.1) is 0 Å². The van der Waals surface area contributed by atoms with Crippen LogP contribution in [0.25, 0.3) is 0 Å². The van der Waals surface area contributed by atoms with Crippen LogP contribution in [0.1, 0.15) is 22.3 Å². The molecule has 1 N–H and O–H groups in total. The van der Waals surface area contributed by atoms with Gasteiger partial charge in [0, 0.05) is 5.56 Å². The van der Waals surface area contributed by atoms with E-state index in [1.807, 2.05) is 12.1 Å². The summed E-state index contributed by atoms with van der Waals surface area (Å²) >= 11 is 0. The smallest absolute Gasteiger partial charge is 0.348 e. The van der Waals surface area contributed by atoms with Gasteiger partial charge in [-0.05, 0) is 17.2 Å². The molecule has 4 heteroatoms. The zero-order valence-corrected chi connectivity index (χ0v) is 14.0. The first kappa shape index (κ1) is 17.4. The molecule has 4 nitrogen and oxygen atoms in total. The minimum Gasteiger partial charge on any atom is -0.458 e. The predicted molar refractivity (Wildman–Crippen MR) is 96.8 cm³/mol. The third-order valence-electron chi connectivity index (χ3n) is 4.18. The summed E-state index contributed by atoms with van der Waals surface area (Å²) < 4.78 is 5.40. The van der Waals surface area contributed by atoms with E-state index in [0.29, 0.717) is 22.3 Å². The van der Waals surface area contributed by atoms with Crippen LogP contribution in [0, 0.1) is 11.3 Å². The maximum Gasteiger partial charge on any atom is 0.348 e. The zero-order chi connectivity index (χ0) is 18.4. The summed E-state index contributed by atoms with van der Waals surface area (Å²) in [4.78, 5) is 12.9. The van der Waals surface area contributed by atoms with Crippen molar-refractivity contribution in [2.75, 3.05) is 0 Å². The molecular weight excluding hydrogens is 326 g/mol. The number of rotatable bonds is 5. The number of hydrogen-bond donors (Lipinski definition) is 1. The van der Waals surface area contributed by atoms with Gasteiger partial charge in [0.15, 0.2) is 0 Å². The van der Waals surface area contributed by atoms with Gasteiger partial charge in [-0.3, -0.25) is 0 Å². The first-order valence-electron chi connectivity index (χ1n) is 8.15. The van der Waals surface area contributed by atoms with Crippen molar-refractivity contribution >= 4 is 5.97 Å². The quantitative estimate of drug-likeness (QED) is 0.720. The monoisotopic (exact) mass is 343 g/mol. The molecule has 0 aromatic heterocycles. The van der Waals surface area contributed by atoms with Gasteiger partial charge in [0.25, 0.3) is 0 Å². The van der Waals surface area contributed by atoms with E-state index in [1.54, 1.807) is 72.8 Å². The largest absolute Gasteiger partial charge is 0.458 e. The fourth-order valence-electron chi connectivity index (χ4n) is 2.76. The molecule has 0 aliphatic rings. The minimum absolute atomic E-state index is 0.0927. The Morgan fingerprint density at radius 2 is 1.38 bits per heavy atom. The number of nitriles is 1. The van der Waals surface area contributed by atoms with Crippen molar-refractivity contribution in [3.8, 4) is 6.07 Å². The second kappa shape index (κ2) is 7.64. The molecule has 128 valence electrons. The molecule has 0 aliphatic carbocycles. The first-order valence-corrected chi connectivity index (χ1v) is 8.15. The standard InChI is InChI=1S/C22H17NO3/c23-15-17-9-7-8-10-18(17)16-26-21(24)22(25,19-11-3-1-4-12-19)20-13-5-2-6-14-20/h1-14,25H,16H2. The number of carbonyl (C=O) groups is 1. The van der Waals surface area contributed by atoms with E-state index in [4.69, 9.17) is 10.00 Å². The summed E-state index contributed by atoms with van der Waals surface area (Å²) in [6, 6.07) is 26.3. The lowest BCUT2D eigenvalue weighted by Crippen LogP contribution is -2.38. The van der Waals surface area contributed by atoms with Gasteiger partial charge in [-0.2, -0.15) is 5.26 Å². The number of benzene rings is 3. The highest BCUT2D eigenvalue weighted by atomic mass is 16.5. The van der Waals surface area contributed by atoms with E-state index < -0.39 is 11.6 Å². The summed E-state index contributed by atoms with van der Waals surface area (Å²) in [5, 5.41) is 20.4. The maximum absolute atomic E-state index is 12.9. The van der Waals surface area contributed by atoms with Crippen LogP contribution in [0.15, 0.2) is 84.9 Å². The highest BCUT2D eigenvalue weighted by Crippen LogP contribution is 2.31. The molecule has 0 heterocycles. The number of ether oxygens (including phenoxy) is 1. The highest BCUT2D eigenvalue weighted by Gasteiger charge is 2.41. The fourth-order valence-corrected chi connectivity index (χ4v) is 2.76. The molecule has 26 heavy (non-hydrogen) atoms. The van der Waals surface area contributed by atoms with Gasteiger partial charge in [-0.25, -0.2) is 4.79 Å². The van der Waals surface area contributed by atoms with Crippen LogP contribution in [0.3, 0.4) is 0 Å². The van der Waals surface area contributed by atoms with E-state index in [-0.39, 0.29) is 6.61 Å². The second-order valence-corrected chi connectivity index (χ2v) is 5.79. The van der Waals surface area contributed by atoms with Gasteiger partial charge in [0.05, 0.1) is 11.6 Å². The van der Waals surface area contributed by atoms with E-state index in [2.05, 4.69) is 6.07 Å². The van der Waals surface area contributed by atoms with Crippen LogP contribution in [-0.4, -0.2) is 11.1 Å². The number of aliphatic hydroxyl groups is 1. The molecule has 0 radical (unpaired) electrons. The predicted octanol–water partition coefficient (Wildman–Crippen LogP) is 3.54.